The second kappa shape index (κ2) is 5.86. The summed E-state index contributed by atoms with van der Waals surface area (Å²) in [4.78, 5) is 37.3. The molecule has 1 unspecified atom stereocenters. The predicted octanol–water partition coefficient (Wildman–Crippen LogP) is 1.33. The Bertz CT molecular complexity index is 618. The Balaban J connectivity index is 2.34. The molecule has 1 saturated heterocycles. The first kappa shape index (κ1) is 15.5. The number of hydrogen-bond acceptors (Lipinski definition) is 6. The van der Waals surface area contributed by atoms with Crippen LogP contribution >= 0.6 is 23.4 Å². The van der Waals surface area contributed by atoms with Gasteiger partial charge in [-0.05, 0) is 18.2 Å². The maximum Gasteiger partial charge on any atom is 0.330 e. The number of aliphatic carboxylic acids is 1. The zero-order chi connectivity index (χ0) is 15.6. The van der Waals surface area contributed by atoms with E-state index in [1.807, 2.05) is 0 Å². The summed E-state index contributed by atoms with van der Waals surface area (Å²) in [5.41, 5.74) is -2.24. The Labute approximate surface area is 128 Å². The minimum absolute atomic E-state index is 0.0871. The molecule has 1 aromatic heterocycles. The van der Waals surface area contributed by atoms with Gasteiger partial charge >= 0.3 is 5.97 Å². The molecule has 0 aliphatic carbocycles. The summed E-state index contributed by atoms with van der Waals surface area (Å²) in [6.07, 6.45) is 1.12. The molecule has 1 aliphatic rings. The van der Waals surface area contributed by atoms with Crippen LogP contribution in [0.3, 0.4) is 0 Å². The number of pyridine rings is 1. The van der Waals surface area contributed by atoms with E-state index >= 15 is 0 Å². The molecule has 1 aromatic rings. The van der Waals surface area contributed by atoms with Gasteiger partial charge in [0.1, 0.15) is 22.5 Å². The van der Waals surface area contributed by atoms with E-state index in [1.54, 1.807) is 0 Å². The number of carbonyl (C=O) groups is 2. The number of aromatic nitrogens is 1. The molecule has 1 amide bonds. The van der Waals surface area contributed by atoms with Crippen molar-refractivity contribution in [2.75, 3.05) is 11.5 Å². The zero-order valence-corrected chi connectivity index (χ0v) is 12.1. The third-order valence-electron chi connectivity index (χ3n) is 3.07. The lowest BCUT2D eigenvalue weighted by Crippen LogP contribution is -2.54. The Hall–Kier alpha value is -1.87. The molecular weight excluding hydrogens is 322 g/mol. The van der Waals surface area contributed by atoms with Crippen LogP contribution < -0.4 is 5.32 Å². The summed E-state index contributed by atoms with van der Waals surface area (Å²) in [5, 5.41) is 22.5. The minimum Gasteiger partial charge on any atom is -0.479 e. The molecule has 0 bridgehead atoms. The quantitative estimate of drug-likeness (QED) is 0.484. The number of nitrogens with zero attached hydrogens (tertiary/aromatic N) is 2. The van der Waals surface area contributed by atoms with Crippen LogP contribution in [-0.4, -0.2) is 43.9 Å². The summed E-state index contributed by atoms with van der Waals surface area (Å²) < 4.78 is 0. The maximum absolute atomic E-state index is 12.2. The summed E-state index contributed by atoms with van der Waals surface area (Å²) in [7, 11) is 0. The lowest BCUT2D eigenvalue weighted by Gasteiger charge is -2.24. The smallest absolute Gasteiger partial charge is 0.330 e. The van der Waals surface area contributed by atoms with E-state index in [-0.39, 0.29) is 22.9 Å². The number of carbonyl (C=O) groups excluding carboxylic acids is 1. The molecule has 2 heterocycles. The second-order valence-corrected chi connectivity index (χ2v) is 5.92. The van der Waals surface area contributed by atoms with Gasteiger partial charge < -0.3 is 10.4 Å². The topological polar surface area (TPSA) is 122 Å². The van der Waals surface area contributed by atoms with Crippen molar-refractivity contribution in [1.82, 2.24) is 10.3 Å². The summed E-state index contributed by atoms with van der Waals surface area (Å²) in [6.45, 7) is 0. The molecule has 0 saturated carbocycles. The largest absolute Gasteiger partial charge is 0.479 e. The fourth-order valence-corrected chi connectivity index (χ4v) is 3.40. The van der Waals surface area contributed by atoms with Crippen molar-refractivity contribution in [3.8, 4) is 0 Å². The molecule has 0 spiro atoms. The van der Waals surface area contributed by atoms with Crippen LogP contribution in [0.1, 0.15) is 16.8 Å². The lowest BCUT2D eigenvalue weighted by molar-refractivity contribution is -0.385. The van der Waals surface area contributed by atoms with E-state index in [2.05, 4.69) is 10.3 Å². The van der Waals surface area contributed by atoms with Gasteiger partial charge in [0.2, 0.25) is 0 Å². The van der Waals surface area contributed by atoms with Crippen molar-refractivity contribution in [1.29, 1.82) is 0 Å². The first-order valence-electron chi connectivity index (χ1n) is 5.79. The number of thioether (sulfide) groups is 1. The van der Waals surface area contributed by atoms with E-state index in [0.717, 1.165) is 12.3 Å². The highest BCUT2D eigenvalue weighted by atomic mass is 35.5. The third-order valence-corrected chi connectivity index (χ3v) is 4.47. The molecule has 112 valence electrons. The van der Waals surface area contributed by atoms with Gasteiger partial charge in [0.05, 0.1) is 4.92 Å². The molecule has 10 heteroatoms. The highest BCUT2D eigenvalue weighted by Crippen LogP contribution is 2.29. The lowest BCUT2D eigenvalue weighted by atomic mass is 9.98. The van der Waals surface area contributed by atoms with Crippen LogP contribution in [-0.2, 0) is 4.79 Å². The number of nitrogens with one attached hydrogen (secondary N) is 1. The molecule has 8 nitrogen and oxygen atoms in total. The van der Waals surface area contributed by atoms with Crippen LogP contribution in [0, 0.1) is 10.1 Å². The molecule has 1 atom stereocenters. The molecule has 1 fully saturated rings. The van der Waals surface area contributed by atoms with Gasteiger partial charge in [-0.25, -0.2) is 9.78 Å². The normalized spacial score (nSPS) is 21.0. The van der Waals surface area contributed by atoms with E-state index in [9.17, 15) is 24.8 Å². The average molecular weight is 332 g/mol. The molecule has 1 aliphatic heterocycles. The number of amides is 1. The number of carboxylic acid groups (broad SMARTS) is 1. The molecule has 21 heavy (non-hydrogen) atoms. The van der Waals surface area contributed by atoms with Crippen molar-refractivity contribution in [2.45, 2.75) is 12.0 Å². The third kappa shape index (κ3) is 3.08. The SMILES string of the molecule is O=C(NC1(C(=O)O)CCSC1)c1cc(Cl)ncc1[N+](=O)[O-]. The van der Waals surface area contributed by atoms with Gasteiger partial charge in [0, 0.05) is 5.75 Å². The monoisotopic (exact) mass is 331 g/mol. The van der Waals surface area contributed by atoms with Crippen LogP contribution in [0.5, 0.6) is 0 Å². The van der Waals surface area contributed by atoms with Crippen molar-refractivity contribution < 1.29 is 19.6 Å². The highest BCUT2D eigenvalue weighted by Gasteiger charge is 2.44. The summed E-state index contributed by atoms with van der Waals surface area (Å²) in [5.74, 6) is -1.22. The van der Waals surface area contributed by atoms with E-state index in [4.69, 9.17) is 11.6 Å². The maximum atomic E-state index is 12.2. The molecular formula is C11H10ClN3O5S. The van der Waals surface area contributed by atoms with Gasteiger partial charge in [-0.1, -0.05) is 11.6 Å². The standard InChI is InChI=1S/C11H10ClN3O5S/c12-8-3-6(7(4-13-8)15(19)20)9(16)14-11(10(17)18)1-2-21-5-11/h3-4H,1-2,5H2,(H,14,16)(H,17,18). The highest BCUT2D eigenvalue weighted by molar-refractivity contribution is 7.99. The van der Waals surface area contributed by atoms with Crippen LogP contribution in [0.2, 0.25) is 5.15 Å². The number of carboxylic acids is 1. The van der Waals surface area contributed by atoms with Gasteiger partial charge in [0.15, 0.2) is 0 Å². The molecule has 2 rings (SSSR count). The Kier molecular flexibility index (Phi) is 4.33. The first-order valence-corrected chi connectivity index (χ1v) is 7.32. The summed E-state index contributed by atoms with van der Waals surface area (Å²) >= 11 is 7.04. The van der Waals surface area contributed by atoms with E-state index in [0.29, 0.717) is 5.75 Å². The van der Waals surface area contributed by atoms with Crippen molar-refractivity contribution in [2.24, 2.45) is 0 Å². The van der Waals surface area contributed by atoms with Crippen LogP contribution in [0.25, 0.3) is 0 Å². The summed E-state index contributed by atoms with van der Waals surface area (Å²) in [6, 6.07) is 1.05. The number of rotatable bonds is 4. The van der Waals surface area contributed by atoms with Gasteiger partial charge in [-0.2, -0.15) is 11.8 Å². The van der Waals surface area contributed by atoms with Gasteiger partial charge in [-0.15, -0.1) is 0 Å². The van der Waals surface area contributed by atoms with Crippen molar-refractivity contribution in [3.05, 3.63) is 33.1 Å². The van der Waals surface area contributed by atoms with E-state index < -0.39 is 28.0 Å². The number of halogens is 1. The Morgan fingerprint density at radius 3 is 2.81 bits per heavy atom. The molecule has 0 aromatic carbocycles. The van der Waals surface area contributed by atoms with Crippen LogP contribution in [0.15, 0.2) is 12.3 Å². The molecule has 2 N–H and O–H groups in total. The fourth-order valence-electron chi connectivity index (χ4n) is 1.92. The Morgan fingerprint density at radius 1 is 1.57 bits per heavy atom. The fraction of sp³-hybridized carbons (Fsp3) is 0.364. The predicted molar refractivity (Wildman–Crippen MR) is 75.7 cm³/mol. The Morgan fingerprint density at radius 2 is 2.29 bits per heavy atom. The van der Waals surface area contributed by atoms with Crippen molar-refractivity contribution in [3.63, 3.8) is 0 Å². The average Bonchev–Trinajstić information content (AvgIpc) is 2.88. The zero-order valence-electron chi connectivity index (χ0n) is 10.5. The second-order valence-electron chi connectivity index (χ2n) is 4.43. The van der Waals surface area contributed by atoms with Gasteiger partial charge in [-0.3, -0.25) is 14.9 Å². The molecule has 0 radical (unpaired) electrons. The van der Waals surface area contributed by atoms with Gasteiger partial charge in [0.25, 0.3) is 11.6 Å². The minimum atomic E-state index is -1.41. The van der Waals surface area contributed by atoms with Crippen molar-refractivity contribution >= 4 is 40.9 Å². The van der Waals surface area contributed by atoms with E-state index in [1.165, 1.54) is 11.8 Å². The number of hydrogen-bond donors (Lipinski definition) is 2. The first-order chi connectivity index (χ1) is 9.85. The van der Waals surface area contributed by atoms with Crippen LogP contribution in [0.4, 0.5) is 5.69 Å². The number of nitro groups is 1.